The maximum atomic E-state index is 13.1. The van der Waals surface area contributed by atoms with E-state index in [9.17, 15) is 18.8 Å². The zero-order valence-electron chi connectivity index (χ0n) is 17.8. The predicted molar refractivity (Wildman–Crippen MR) is 127 cm³/mol. The van der Waals surface area contributed by atoms with Gasteiger partial charge in [0, 0.05) is 5.02 Å². The molecule has 0 bridgehead atoms. The first-order chi connectivity index (χ1) is 16.3. The van der Waals surface area contributed by atoms with Gasteiger partial charge in [0.15, 0.2) is 11.5 Å². The Morgan fingerprint density at radius 2 is 1.82 bits per heavy atom. The van der Waals surface area contributed by atoms with Crippen LogP contribution in [0.4, 0.5) is 9.18 Å². The quantitative estimate of drug-likeness (QED) is 0.238. The van der Waals surface area contributed by atoms with Crippen LogP contribution in [0.2, 0.25) is 5.02 Å². The number of benzene rings is 3. The van der Waals surface area contributed by atoms with Gasteiger partial charge in [-0.3, -0.25) is 14.5 Å². The van der Waals surface area contributed by atoms with Crippen molar-refractivity contribution in [2.75, 3.05) is 7.11 Å². The summed E-state index contributed by atoms with van der Waals surface area (Å²) in [6.07, 6.45) is 1.53. The van der Waals surface area contributed by atoms with Crippen LogP contribution in [0.3, 0.4) is 0 Å². The molecule has 0 N–H and O–H groups in total. The van der Waals surface area contributed by atoms with E-state index in [-0.39, 0.29) is 22.8 Å². The Balaban J connectivity index is 1.55. The summed E-state index contributed by atoms with van der Waals surface area (Å²) in [5, 5.41) is -0.0341. The number of esters is 1. The largest absolute Gasteiger partial charge is 0.493 e. The molecule has 172 valence electrons. The Morgan fingerprint density at radius 3 is 2.53 bits per heavy atom. The lowest BCUT2D eigenvalue weighted by atomic mass is 10.1. The monoisotopic (exact) mass is 497 g/mol. The summed E-state index contributed by atoms with van der Waals surface area (Å²) in [5.74, 6) is -1.03. The summed E-state index contributed by atoms with van der Waals surface area (Å²) in [6.45, 7) is 0.0351. The fraction of sp³-hybridized carbons (Fsp3) is 0.0800. The van der Waals surface area contributed by atoms with Crippen molar-refractivity contribution in [3.05, 3.63) is 99.2 Å². The number of hydrogen-bond acceptors (Lipinski definition) is 6. The van der Waals surface area contributed by atoms with Gasteiger partial charge in [-0.1, -0.05) is 35.9 Å². The molecule has 0 radical (unpaired) electrons. The van der Waals surface area contributed by atoms with E-state index >= 15 is 0 Å². The first kappa shape index (κ1) is 23.5. The minimum Gasteiger partial charge on any atom is -0.493 e. The Labute approximate surface area is 203 Å². The van der Waals surface area contributed by atoms with Crippen LogP contribution in [0.25, 0.3) is 6.08 Å². The number of hydrogen-bond donors (Lipinski definition) is 0. The minimum atomic E-state index is -0.627. The zero-order chi connectivity index (χ0) is 24.2. The van der Waals surface area contributed by atoms with Crippen molar-refractivity contribution in [2.45, 2.75) is 6.54 Å². The number of carbonyl (C=O) groups is 3. The maximum Gasteiger partial charge on any atom is 0.343 e. The molecular weight excluding hydrogens is 481 g/mol. The van der Waals surface area contributed by atoms with Crippen LogP contribution in [0.5, 0.6) is 11.5 Å². The average Bonchev–Trinajstić information content (AvgIpc) is 3.08. The van der Waals surface area contributed by atoms with E-state index in [0.717, 1.165) is 16.7 Å². The van der Waals surface area contributed by atoms with Crippen molar-refractivity contribution in [1.82, 2.24) is 4.90 Å². The van der Waals surface area contributed by atoms with Crippen LogP contribution in [0, 0.1) is 5.82 Å². The van der Waals surface area contributed by atoms with Gasteiger partial charge in [-0.2, -0.15) is 0 Å². The Bertz CT molecular complexity index is 1310. The molecule has 9 heteroatoms. The third-order valence-corrected chi connectivity index (χ3v) is 6.02. The average molecular weight is 498 g/mol. The minimum absolute atomic E-state index is 0.0351. The summed E-state index contributed by atoms with van der Waals surface area (Å²) in [7, 11) is 1.44. The lowest BCUT2D eigenvalue weighted by Gasteiger charge is -2.12. The van der Waals surface area contributed by atoms with E-state index in [1.807, 2.05) is 0 Å². The number of thioether (sulfide) groups is 1. The zero-order valence-corrected chi connectivity index (χ0v) is 19.4. The fourth-order valence-corrected chi connectivity index (χ4v) is 4.23. The van der Waals surface area contributed by atoms with E-state index in [0.29, 0.717) is 21.9 Å². The third-order valence-electron chi connectivity index (χ3n) is 4.88. The number of amides is 2. The number of methoxy groups -OCH3 is 1. The first-order valence-corrected chi connectivity index (χ1v) is 11.2. The van der Waals surface area contributed by atoms with Gasteiger partial charge < -0.3 is 9.47 Å². The number of carbonyl (C=O) groups excluding carboxylic acids is 3. The first-order valence-electron chi connectivity index (χ1n) is 9.99. The van der Waals surface area contributed by atoms with E-state index < -0.39 is 22.9 Å². The standard InChI is InChI=1S/C25H17ClFNO5S/c1-32-20-10-7-16(11-21(20)33-24(30)17-3-2-4-18(26)13-17)12-22-23(29)28(25(31)34-22)14-15-5-8-19(27)9-6-15/h2-13H,14H2,1H3/b22-12-. The summed E-state index contributed by atoms with van der Waals surface area (Å²) in [4.78, 5) is 39.1. The Kier molecular flexibility index (Phi) is 7.00. The van der Waals surface area contributed by atoms with Crippen LogP contribution < -0.4 is 9.47 Å². The highest BCUT2D eigenvalue weighted by Crippen LogP contribution is 2.35. The van der Waals surface area contributed by atoms with Crippen molar-refractivity contribution >= 4 is 46.6 Å². The molecule has 34 heavy (non-hydrogen) atoms. The molecule has 2 amide bonds. The van der Waals surface area contributed by atoms with Crippen molar-refractivity contribution in [3.63, 3.8) is 0 Å². The molecule has 0 unspecified atom stereocenters. The molecule has 0 saturated carbocycles. The molecule has 4 rings (SSSR count). The topological polar surface area (TPSA) is 72.9 Å². The molecule has 1 saturated heterocycles. The molecule has 3 aromatic carbocycles. The van der Waals surface area contributed by atoms with Gasteiger partial charge >= 0.3 is 5.97 Å². The smallest absolute Gasteiger partial charge is 0.343 e. The molecule has 0 aromatic heterocycles. The maximum absolute atomic E-state index is 13.1. The highest BCUT2D eigenvalue weighted by molar-refractivity contribution is 8.18. The summed E-state index contributed by atoms with van der Waals surface area (Å²) >= 11 is 6.74. The second-order valence-corrected chi connectivity index (χ2v) is 8.63. The number of ether oxygens (including phenoxy) is 2. The second-order valence-electron chi connectivity index (χ2n) is 7.20. The van der Waals surface area contributed by atoms with Crippen molar-refractivity contribution in [1.29, 1.82) is 0 Å². The van der Waals surface area contributed by atoms with Gasteiger partial charge in [-0.15, -0.1) is 0 Å². The molecule has 0 spiro atoms. The van der Waals surface area contributed by atoms with E-state index in [1.165, 1.54) is 49.6 Å². The molecule has 6 nitrogen and oxygen atoms in total. The van der Waals surface area contributed by atoms with Gasteiger partial charge in [-0.25, -0.2) is 9.18 Å². The highest BCUT2D eigenvalue weighted by atomic mass is 35.5. The lowest BCUT2D eigenvalue weighted by molar-refractivity contribution is -0.123. The highest BCUT2D eigenvalue weighted by Gasteiger charge is 2.35. The van der Waals surface area contributed by atoms with Gasteiger partial charge in [0.05, 0.1) is 24.1 Å². The summed E-state index contributed by atoms with van der Waals surface area (Å²) < 4.78 is 23.9. The van der Waals surface area contributed by atoms with Crippen LogP contribution in [-0.4, -0.2) is 29.1 Å². The van der Waals surface area contributed by atoms with Gasteiger partial charge in [0.2, 0.25) is 0 Å². The Morgan fingerprint density at radius 1 is 1.06 bits per heavy atom. The van der Waals surface area contributed by atoms with E-state index in [4.69, 9.17) is 21.1 Å². The van der Waals surface area contributed by atoms with Crippen LogP contribution in [0.15, 0.2) is 71.6 Å². The van der Waals surface area contributed by atoms with Crippen LogP contribution >= 0.6 is 23.4 Å². The molecule has 1 fully saturated rings. The number of imide groups is 1. The molecule has 0 atom stereocenters. The van der Waals surface area contributed by atoms with Gasteiger partial charge in [0.1, 0.15) is 5.82 Å². The second kappa shape index (κ2) is 10.1. The van der Waals surface area contributed by atoms with E-state index in [1.54, 1.807) is 30.3 Å². The van der Waals surface area contributed by atoms with Crippen molar-refractivity contribution in [2.24, 2.45) is 0 Å². The van der Waals surface area contributed by atoms with Crippen LogP contribution in [-0.2, 0) is 11.3 Å². The fourth-order valence-electron chi connectivity index (χ4n) is 3.20. The van der Waals surface area contributed by atoms with Gasteiger partial charge in [0.25, 0.3) is 11.1 Å². The van der Waals surface area contributed by atoms with Crippen LogP contribution in [0.1, 0.15) is 21.5 Å². The molecule has 1 aliphatic heterocycles. The number of halogens is 2. The third kappa shape index (κ3) is 5.30. The summed E-state index contributed by atoms with van der Waals surface area (Å²) in [5.41, 5.74) is 1.42. The predicted octanol–water partition coefficient (Wildman–Crippen LogP) is 5.94. The van der Waals surface area contributed by atoms with Crippen molar-refractivity contribution < 1.29 is 28.2 Å². The molecule has 3 aromatic rings. The van der Waals surface area contributed by atoms with Crippen molar-refractivity contribution in [3.8, 4) is 11.5 Å². The molecule has 1 aliphatic rings. The number of rotatable bonds is 6. The van der Waals surface area contributed by atoms with Gasteiger partial charge in [-0.05, 0) is 71.4 Å². The molecule has 0 aliphatic carbocycles. The number of nitrogens with zero attached hydrogens (tertiary/aromatic N) is 1. The SMILES string of the molecule is COc1ccc(/C=C2\SC(=O)N(Cc3ccc(F)cc3)C2=O)cc1OC(=O)c1cccc(Cl)c1. The lowest BCUT2D eigenvalue weighted by Crippen LogP contribution is -2.27. The Hall–Kier alpha value is -3.62. The van der Waals surface area contributed by atoms with E-state index in [2.05, 4.69) is 0 Å². The molecule has 1 heterocycles. The summed E-state index contributed by atoms with van der Waals surface area (Å²) in [6, 6.07) is 16.7. The molecular formula is C25H17ClFNO5S. The normalized spacial score (nSPS) is 14.6.